The van der Waals surface area contributed by atoms with Crippen molar-refractivity contribution in [1.29, 1.82) is 0 Å². The molecule has 0 aromatic rings. The van der Waals surface area contributed by atoms with Gasteiger partial charge in [-0.3, -0.25) is 24.0 Å². The summed E-state index contributed by atoms with van der Waals surface area (Å²) in [6.45, 7) is 4.26. The fourth-order valence-corrected chi connectivity index (χ4v) is 2.51. The Morgan fingerprint density at radius 1 is 0.781 bits per heavy atom. The Hall–Kier alpha value is -3.26. The van der Waals surface area contributed by atoms with Gasteiger partial charge in [0.25, 0.3) is 0 Å². The summed E-state index contributed by atoms with van der Waals surface area (Å²) in [6, 6.07) is -5.88. The molecule has 14 heteroatoms. The molecular weight excluding hydrogens is 432 g/mol. The number of carboxylic acid groups (broad SMARTS) is 3. The number of amides is 3. The molecule has 5 unspecified atom stereocenters. The number of aliphatic carboxylic acids is 3. The zero-order valence-corrected chi connectivity index (χ0v) is 17.9. The smallest absolute Gasteiger partial charge is 0.326 e. The lowest BCUT2D eigenvalue weighted by atomic mass is 10.0. The predicted octanol–water partition coefficient (Wildman–Crippen LogP) is -2.77. The summed E-state index contributed by atoms with van der Waals surface area (Å²) in [4.78, 5) is 69.8. The normalized spacial score (nSPS) is 15.6. The van der Waals surface area contributed by atoms with E-state index in [-0.39, 0.29) is 0 Å². The lowest BCUT2D eigenvalue weighted by molar-refractivity contribution is -0.144. The predicted molar refractivity (Wildman–Crippen MR) is 107 cm³/mol. The van der Waals surface area contributed by atoms with Crippen LogP contribution in [0.15, 0.2) is 0 Å². The van der Waals surface area contributed by atoms with Crippen molar-refractivity contribution in [2.24, 2.45) is 11.7 Å². The standard InChI is InChI=1S/C18H30N4O10/c1-7(2)13(21-15(28)9(19)6-12(26)27)16(29)22-14(8(3)23)17(30)20-10(18(31)32)4-5-11(24)25/h7-10,13-14,23H,4-6,19H2,1-3H3,(H,20,30)(H,21,28)(H,22,29)(H,24,25)(H,26,27)(H,31,32). The van der Waals surface area contributed by atoms with Gasteiger partial charge in [-0.05, 0) is 19.3 Å². The maximum absolute atomic E-state index is 12.7. The second-order valence-electron chi connectivity index (χ2n) is 7.49. The monoisotopic (exact) mass is 462 g/mol. The lowest BCUT2D eigenvalue weighted by Gasteiger charge is -2.28. The number of carboxylic acids is 3. The van der Waals surface area contributed by atoms with Crippen molar-refractivity contribution in [2.75, 3.05) is 0 Å². The minimum atomic E-state index is -1.62. The molecule has 0 spiro atoms. The summed E-state index contributed by atoms with van der Waals surface area (Å²) in [7, 11) is 0. The Morgan fingerprint density at radius 3 is 1.69 bits per heavy atom. The number of carbonyl (C=O) groups is 6. The molecule has 0 radical (unpaired) electrons. The molecule has 0 bridgehead atoms. The molecule has 0 aliphatic rings. The van der Waals surface area contributed by atoms with Crippen LogP contribution in [0.25, 0.3) is 0 Å². The summed E-state index contributed by atoms with van der Waals surface area (Å²) >= 11 is 0. The zero-order valence-electron chi connectivity index (χ0n) is 17.9. The van der Waals surface area contributed by atoms with Crippen LogP contribution in [0.5, 0.6) is 0 Å². The van der Waals surface area contributed by atoms with E-state index in [9.17, 15) is 33.9 Å². The van der Waals surface area contributed by atoms with Crippen LogP contribution in [0.3, 0.4) is 0 Å². The van der Waals surface area contributed by atoms with Gasteiger partial charge in [0.15, 0.2) is 0 Å². The molecule has 0 saturated carbocycles. The first-order chi connectivity index (χ1) is 14.7. The van der Waals surface area contributed by atoms with E-state index in [1.54, 1.807) is 13.8 Å². The van der Waals surface area contributed by atoms with Gasteiger partial charge in [-0.15, -0.1) is 0 Å². The summed E-state index contributed by atoms with van der Waals surface area (Å²) in [5.74, 6) is -7.54. The fourth-order valence-electron chi connectivity index (χ4n) is 2.51. The first-order valence-electron chi connectivity index (χ1n) is 9.68. The molecule has 0 saturated heterocycles. The third kappa shape index (κ3) is 10.2. The van der Waals surface area contributed by atoms with Gasteiger partial charge >= 0.3 is 17.9 Å². The van der Waals surface area contributed by atoms with Gasteiger partial charge in [0.1, 0.15) is 18.1 Å². The van der Waals surface area contributed by atoms with E-state index in [1.807, 2.05) is 0 Å². The first kappa shape index (κ1) is 28.7. The van der Waals surface area contributed by atoms with Crippen LogP contribution in [0.2, 0.25) is 0 Å². The van der Waals surface area contributed by atoms with Gasteiger partial charge < -0.3 is 42.1 Å². The van der Waals surface area contributed by atoms with Crippen LogP contribution < -0.4 is 21.7 Å². The van der Waals surface area contributed by atoms with E-state index in [4.69, 9.17) is 21.1 Å². The van der Waals surface area contributed by atoms with Crippen molar-refractivity contribution in [3.05, 3.63) is 0 Å². The SMILES string of the molecule is CC(C)C(NC(=O)C(N)CC(=O)O)C(=O)NC(C(=O)NC(CCC(=O)O)C(=O)O)C(C)O. The minimum Gasteiger partial charge on any atom is -0.481 e. The molecular formula is C18H30N4O10. The molecule has 0 fully saturated rings. The molecule has 0 heterocycles. The lowest BCUT2D eigenvalue weighted by Crippen LogP contribution is -2.60. The number of carbonyl (C=O) groups excluding carboxylic acids is 3. The molecule has 0 aliphatic heterocycles. The molecule has 3 amide bonds. The zero-order chi connectivity index (χ0) is 25.2. The number of nitrogens with two attached hydrogens (primary N) is 1. The van der Waals surface area contributed by atoms with Crippen molar-refractivity contribution in [1.82, 2.24) is 16.0 Å². The summed E-state index contributed by atoms with van der Waals surface area (Å²) in [5.41, 5.74) is 5.47. The Balaban J connectivity index is 5.36. The Kier molecular flexibility index (Phi) is 11.9. The molecule has 9 N–H and O–H groups in total. The number of hydrogen-bond donors (Lipinski definition) is 8. The third-order valence-electron chi connectivity index (χ3n) is 4.30. The summed E-state index contributed by atoms with van der Waals surface area (Å²) in [5, 5.41) is 43.0. The minimum absolute atomic E-state index is 0.428. The van der Waals surface area contributed by atoms with E-state index in [1.165, 1.54) is 0 Å². The largest absolute Gasteiger partial charge is 0.481 e. The van der Waals surface area contributed by atoms with E-state index in [0.717, 1.165) is 6.92 Å². The van der Waals surface area contributed by atoms with Crippen molar-refractivity contribution in [2.45, 2.75) is 70.3 Å². The fraction of sp³-hybridized carbons (Fsp3) is 0.667. The molecule has 14 nitrogen and oxygen atoms in total. The molecule has 0 aliphatic carbocycles. The highest BCUT2D eigenvalue weighted by atomic mass is 16.4. The second kappa shape index (κ2) is 13.2. The van der Waals surface area contributed by atoms with Gasteiger partial charge in [0.2, 0.25) is 17.7 Å². The average Bonchev–Trinajstić information content (AvgIpc) is 2.65. The van der Waals surface area contributed by atoms with E-state index < -0.39 is 91.1 Å². The highest BCUT2D eigenvalue weighted by Crippen LogP contribution is 2.06. The number of aliphatic hydroxyl groups excluding tert-OH is 1. The van der Waals surface area contributed by atoms with Gasteiger partial charge in [0, 0.05) is 6.42 Å². The van der Waals surface area contributed by atoms with Gasteiger partial charge in [-0.2, -0.15) is 0 Å². The molecule has 0 rings (SSSR count). The highest BCUT2D eigenvalue weighted by molar-refractivity contribution is 5.95. The number of hydrogen-bond acceptors (Lipinski definition) is 8. The van der Waals surface area contributed by atoms with E-state index in [2.05, 4.69) is 16.0 Å². The Bertz CT molecular complexity index is 725. The van der Waals surface area contributed by atoms with Crippen molar-refractivity contribution in [3.8, 4) is 0 Å². The molecule has 5 atom stereocenters. The maximum atomic E-state index is 12.7. The maximum Gasteiger partial charge on any atom is 0.326 e. The Labute approximate surface area is 183 Å². The van der Waals surface area contributed by atoms with Crippen LogP contribution in [0.1, 0.15) is 40.0 Å². The number of aliphatic hydroxyl groups is 1. The first-order valence-corrected chi connectivity index (χ1v) is 9.68. The quantitative estimate of drug-likeness (QED) is 0.131. The number of rotatable bonds is 14. The van der Waals surface area contributed by atoms with Crippen LogP contribution in [-0.4, -0.2) is 86.3 Å². The molecule has 0 aromatic carbocycles. The van der Waals surface area contributed by atoms with Crippen molar-refractivity contribution in [3.63, 3.8) is 0 Å². The van der Waals surface area contributed by atoms with Crippen LogP contribution in [0.4, 0.5) is 0 Å². The molecule has 182 valence electrons. The third-order valence-corrected chi connectivity index (χ3v) is 4.30. The molecule has 32 heavy (non-hydrogen) atoms. The van der Waals surface area contributed by atoms with E-state index >= 15 is 0 Å². The van der Waals surface area contributed by atoms with Crippen LogP contribution >= 0.6 is 0 Å². The van der Waals surface area contributed by atoms with Crippen molar-refractivity contribution >= 4 is 35.6 Å². The summed E-state index contributed by atoms with van der Waals surface area (Å²) < 4.78 is 0. The summed E-state index contributed by atoms with van der Waals surface area (Å²) in [6.07, 6.45) is -3.13. The van der Waals surface area contributed by atoms with Crippen molar-refractivity contribution < 1.29 is 49.2 Å². The number of nitrogens with one attached hydrogen (secondary N) is 3. The van der Waals surface area contributed by atoms with Gasteiger partial charge in [-0.1, -0.05) is 13.8 Å². The van der Waals surface area contributed by atoms with Crippen LogP contribution in [0, 0.1) is 5.92 Å². The highest BCUT2D eigenvalue weighted by Gasteiger charge is 2.34. The Morgan fingerprint density at radius 2 is 1.28 bits per heavy atom. The van der Waals surface area contributed by atoms with E-state index in [0.29, 0.717) is 0 Å². The average molecular weight is 462 g/mol. The second-order valence-corrected chi connectivity index (χ2v) is 7.49. The topological polar surface area (TPSA) is 245 Å². The van der Waals surface area contributed by atoms with Crippen LogP contribution in [-0.2, 0) is 28.8 Å². The van der Waals surface area contributed by atoms with Gasteiger partial charge in [0.05, 0.1) is 18.6 Å². The van der Waals surface area contributed by atoms with Gasteiger partial charge in [-0.25, -0.2) is 4.79 Å². The molecule has 0 aromatic heterocycles.